The maximum absolute atomic E-state index is 14.3. The fraction of sp³-hybridized carbons (Fsp3) is 0.500. The molecule has 0 radical (unpaired) electrons. The summed E-state index contributed by atoms with van der Waals surface area (Å²) in [4.78, 5) is 43.6. The summed E-state index contributed by atoms with van der Waals surface area (Å²) < 4.78 is 36.4. The highest BCUT2D eigenvalue weighted by molar-refractivity contribution is 7.85. The lowest BCUT2D eigenvalue weighted by Gasteiger charge is -2.34. The fourth-order valence-electron chi connectivity index (χ4n) is 8.98. The third kappa shape index (κ3) is 9.55. The number of allylic oxidation sites excluding steroid dienone is 8. The summed E-state index contributed by atoms with van der Waals surface area (Å²) in [5.41, 5.74) is 6.61. The number of unbranched alkanes of at least 4 members (excludes halogenated alkanes) is 3. The number of hydrogen-bond acceptors (Lipinski definition) is 7. The normalized spacial score (nSPS) is 20.8. The van der Waals surface area contributed by atoms with Crippen molar-refractivity contribution in [3.63, 3.8) is 0 Å². The first kappa shape index (κ1) is 46.3. The van der Waals surface area contributed by atoms with Crippen LogP contribution in [0.25, 0.3) is 0 Å². The number of hydrogen-bond donors (Lipinski definition) is 3. The molecule has 0 saturated carbocycles. The molecule has 0 spiro atoms. The summed E-state index contributed by atoms with van der Waals surface area (Å²) in [5, 5.41) is 12.1. The molecule has 1 aliphatic carbocycles. The van der Waals surface area contributed by atoms with Crippen LogP contribution < -0.4 is 15.1 Å². The largest absolute Gasteiger partial charge is 0.481 e. The summed E-state index contributed by atoms with van der Waals surface area (Å²) in [5.74, 6) is -1.42. The van der Waals surface area contributed by atoms with E-state index in [-0.39, 0.29) is 41.3 Å². The van der Waals surface area contributed by atoms with Gasteiger partial charge in [-0.15, -0.1) is 0 Å². The zero-order chi connectivity index (χ0) is 44.2. The highest BCUT2D eigenvalue weighted by atomic mass is 32.2. The monoisotopic (exact) mass is 841 g/mol. The van der Waals surface area contributed by atoms with E-state index in [2.05, 4.69) is 83.8 Å². The van der Waals surface area contributed by atoms with Crippen LogP contribution in [0.5, 0.6) is 0 Å². The van der Waals surface area contributed by atoms with Gasteiger partial charge >= 0.3 is 5.97 Å². The molecule has 12 heteroatoms. The Balaban J connectivity index is 1.60. The Kier molecular flexibility index (Phi) is 14.2. The van der Waals surface area contributed by atoms with Gasteiger partial charge in [0.1, 0.15) is 17.7 Å². The van der Waals surface area contributed by atoms with E-state index in [1.54, 1.807) is 12.1 Å². The molecule has 11 nitrogen and oxygen atoms in total. The predicted octanol–water partition coefficient (Wildman–Crippen LogP) is 8.81. The molecule has 2 aromatic rings. The molecule has 1 amide bonds. The second-order valence-corrected chi connectivity index (χ2v) is 19.3. The molecule has 2 aromatic carbocycles. The van der Waals surface area contributed by atoms with Crippen molar-refractivity contribution < 1.29 is 37.0 Å². The minimum absolute atomic E-state index is 0.0718. The first-order chi connectivity index (χ1) is 28.2. The lowest BCUT2D eigenvalue weighted by molar-refractivity contribution is -0.437. The van der Waals surface area contributed by atoms with Gasteiger partial charge in [0.2, 0.25) is 11.6 Å². The van der Waals surface area contributed by atoms with Gasteiger partial charge in [0.05, 0.1) is 10.3 Å². The molecule has 0 bridgehead atoms. The molecule has 1 atom stereocenters. The van der Waals surface area contributed by atoms with Gasteiger partial charge in [0, 0.05) is 80.2 Å². The number of fused-ring (bicyclic) bond motifs is 2. The number of amides is 1. The molecule has 5 rings (SSSR count). The maximum Gasteiger partial charge on any atom is 0.303 e. The summed E-state index contributed by atoms with van der Waals surface area (Å²) in [6.45, 7) is 16.2. The van der Waals surface area contributed by atoms with E-state index in [4.69, 9.17) is 5.11 Å². The van der Waals surface area contributed by atoms with Gasteiger partial charge < -0.3 is 20.2 Å². The van der Waals surface area contributed by atoms with E-state index >= 15 is 0 Å². The second-order valence-electron chi connectivity index (χ2n) is 17.8. The Labute approximate surface area is 357 Å². The number of carboxylic acids is 1. The number of aliphatic carboxylic acids is 1. The Hall–Kier alpha value is -4.81. The number of carbonyl (C=O) groups is 3. The molecule has 3 aliphatic rings. The third-order valence-electron chi connectivity index (χ3n) is 12.5. The average molecular weight is 842 g/mol. The minimum Gasteiger partial charge on any atom is -0.481 e. The molecule has 1 unspecified atom stereocenters. The standard InChI is InChI=1S/C48H64N4O7S/c1-10-12-27-52-40-21-19-36(50(8)9)29-38(40)46(4,5)43(52)24-18-35-28-34(31-48(32-35,33(3)53)45(56)49-25-15-13-14-16-44(54)55)17-23-42-47(6,7)39-30-37(60(57,58)59)20-22-41(39)51(42)26-11-2/h17-24,28-30H,10-16,25-27,31-32H2,1-9H3,(H2-,49,54,55,56,57,58,59)/p+1. The van der Waals surface area contributed by atoms with Crippen LogP contribution in [0.4, 0.5) is 17.1 Å². The molecule has 0 fully saturated rings. The fourth-order valence-corrected chi connectivity index (χ4v) is 9.49. The lowest BCUT2D eigenvalue weighted by Crippen LogP contribution is -2.47. The highest BCUT2D eigenvalue weighted by Crippen LogP contribution is 2.50. The molecule has 60 heavy (non-hydrogen) atoms. The predicted molar refractivity (Wildman–Crippen MR) is 240 cm³/mol. The van der Waals surface area contributed by atoms with E-state index in [0.29, 0.717) is 32.4 Å². The smallest absolute Gasteiger partial charge is 0.303 e. The van der Waals surface area contributed by atoms with Crippen molar-refractivity contribution in [2.45, 2.75) is 122 Å². The third-order valence-corrected chi connectivity index (χ3v) is 13.3. The van der Waals surface area contributed by atoms with Crippen LogP contribution in [-0.2, 0) is 35.3 Å². The van der Waals surface area contributed by atoms with Gasteiger partial charge in [-0.3, -0.25) is 18.9 Å². The zero-order valence-corrected chi connectivity index (χ0v) is 37.8. The van der Waals surface area contributed by atoms with Gasteiger partial charge in [-0.25, -0.2) is 0 Å². The van der Waals surface area contributed by atoms with E-state index < -0.39 is 26.9 Å². The van der Waals surface area contributed by atoms with Gasteiger partial charge in [-0.2, -0.15) is 13.0 Å². The van der Waals surface area contributed by atoms with Crippen LogP contribution in [0.15, 0.2) is 88.5 Å². The number of nitrogens with one attached hydrogen (secondary N) is 1. The second kappa shape index (κ2) is 18.4. The quantitative estimate of drug-likeness (QED) is 0.0580. The Bertz CT molecular complexity index is 2280. The van der Waals surface area contributed by atoms with E-state index in [1.165, 1.54) is 24.2 Å². The van der Waals surface area contributed by atoms with E-state index in [0.717, 1.165) is 65.3 Å². The van der Waals surface area contributed by atoms with Gasteiger partial charge in [0.25, 0.3) is 10.1 Å². The molecule has 0 saturated heterocycles. The van der Waals surface area contributed by atoms with Crippen molar-refractivity contribution in [2.75, 3.05) is 43.5 Å². The van der Waals surface area contributed by atoms with Gasteiger partial charge in [-0.05, 0) is 106 Å². The number of Topliss-reactive ketones (excluding diaryl/α,β-unsaturated/α-hetero) is 1. The molecule has 3 N–H and O–H groups in total. The zero-order valence-electron chi connectivity index (χ0n) is 37.0. The number of carbonyl (C=O) groups excluding carboxylic acids is 2. The molecule has 324 valence electrons. The van der Waals surface area contributed by atoms with Crippen molar-refractivity contribution in [1.82, 2.24) is 5.32 Å². The van der Waals surface area contributed by atoms with Crippen LogP contribution in [0.3, 0.4) is 0 Å². The summed E-state index contributed by atoms with van der Waals surface area (Å²) in [6.07, 6.45) is 15.4. The number of carboxylic acid groups (broad SMARTS) is 1. The van der Waals surface area contributed by atoms with Crippen molar-refractivity contribution in [3.05, 3.63) is 94.7 Å². The molecule has 0 aromatic heterocycles. The van der Waals surface area contributed by atoms with Crippen LogP contribution in [0, 0.1) is 5.41 Å². The topological polar surface area (TPSA) is 147 Å². The van der Waals surface area contributed by atoms with Crippen molar-refractivity contribution in [1.29, 1.82) is 0 Å². The van der Waals surface area contributed by atoms with Crippen LogP contribution >= 0.6 is 0 Å². The van der Waals surface area contributed by atoms with Crippen LogP contribution in [-0.4, -0.2) is 79.8 Å². The summed E-state index contributed by atoms with van der Waals surface area (Å²) in [7, 11) is -0.323. The average Bonchev–Trinajstić information content (AvgIpc) is 3.52. The molecule has 2 aliphatic heterocycles. The lowest BCUT2D eigenvalue weighted by atomic mass is 9.68. The Morgan fingerprint density at radius 3 is 2.27 bits per heavy atom. The summed E-state index contributed by atoms with van der Waals surface area (Å²) >= 11 is 0. The van der Waals surface area contributed by atoms with Crippen molar-refractivity contribution in [3.8, 4) is 0 Å². The first-order valence-corrected chi connectivity index (χ1v) is 22.8. The minimum atomic E-state index is -4.41. The van der Waals surface area contributed by atoms with Gasteiger partial charge in [0.15, 0.2) is 5.71 Å². The van der Waals surface area contributed by atoms with Crippen molar-refractivity contribution in [2.24, 2.45) is 5.41 Å². The van der Waals surface area contributed by atoms with E-state index in [1.807, 2.05) is 40.1 Å². The Morgan fingerprint density at radius 2 is 1.63 bits per heavy atom. The Morgan fingerprint density at radius 1 is 0.900 bits per heavy atom. The number of nitrogens with zero attached hydrogens (tertiary/aromatic N) is 3. The highest BCUT2D eigenvalue weighted by Gasteiger charge is 2.47. The molecular weight excluding hydrogens is 777 g/mol. The maximum atomic E-state index is 14.3. The molecular formula is C48H65N4O7S+. The number of anilines is 2. The SMILES string of the molecule is CCCCN1C(=CC=C2C=C(C=CC3=[N+](CCC)c4ccc(S(=O)(=O)O)cc4C3(C)C)CC(C(C)=O)(C(=O)NCCCCCC(=O)O)C2)C(C)(C)c2cc(N(C)C)ccc21. The molecule has 2 heterocycles. The number of rotatable bonds is 18. The number of benzene rings is 2. The van der Waals surface area contributed by atoms with Gasteiger partial charge in [-0.1, -0.05) is 58.8 Å². The number of ketones is 1. The first-order valence-electron chi connectivity index (χ1n) is 21.4. The van der Waals surface area contributed by atoms with Crippen LogP contribution in [0.1, 0.15) is 117 Å². The van der Waals surface area contributed by atoms with E-state index in [9.17, 15) is 27.4 Å². The van der Waals surface area contributed by atoms with Crippen molar-refractivity contribution >= 4 is 50.6 Å². The summed E-state index contributed by atoms with van der Waals surface area (Å²) in [6, 6.07) is 11.3. The van der Waals surface area contributed by atoms with Crippen LogP contribution in [0.2, 0.25) is 0 Å².